The topological polar surface area (TPSA) is 86.3 Å². The Morgan fingerprint density at radius 1 is 1.32 bits per heavy atom. The Morgan fingerprint density at radius 3 is 2.37 bits per heavy atom. The van der Waals surface area contributed by atoms with Crippen LogP contribution in [-0.2, 0) is 6.42 Å². The first-order valence-corrected chi connectivity index (χ1v) is 6.83. The molecule has 0 N–H and O–H groups in total. The van der Waals surface area contributed by atoms with Gasteiger partial charge in [0.05, 0.1) is 15.9 Å². The number of nitro groups is 2. The Balaban J connectivity index is 2.35. The summed E-state index contributed by atoms with van der Waals surface area (Å²) in [7, 11) is 0. The highest BCUT2D eigenvalue weighted by atomic mass is 79.9. The van der Waals surface area contributed by atoms with Gasteiger partial charge in [-0.25, -0.2) is 0 Å². The summed E-state index contributed by atoms with van der Waals surface area (Å²) in [5.74, 6) is 0. The zero-order chi connectivity index (χ0) is 14.2. The van der Waals surface area contributed by atoms with Crippen molar-refractivity contribution in [2.24, 2.45) is 5.41 Å². The zero-order valence-electron chi connectivity index (χ0n) is 10.3. The zero-order valence-corrected chi connectivity index (χ0v) is 11.9. The third kappa shape index (κ3) is 2.75. The number of nitrogens with zero attached hydrogens (tertiary/aromatic N) is 2. The van der Waals surface area contributed by atoms with Gasteiger partial charge in [-0.2, -0.15) is 0 Å². The second-order valence-electron chi connectivity index (χ2n) is 4.98. The van der Waals surface area contributed by atoms with E-state index < -0.39 is 9.85 Å². The van der Waals surface area contributed by atoms with Gasteiger partial charge in [0, 0.05) is 16.5 Å². The van der Waals surface area contributed by atoms with Crippen molar-refractivity contribution in [2.45, 2.75) is 31.0 Å². The minimum absolute atomic E-state index is 0.0564. The van der Waals surface area contributed by atoms with Crippen LogP contribution in [0, 0.1) is 25.6 Å². The highest BCUT2D eigenvalue weighted by molar-refractivity contribution is 9.09. The van der Waals surface area contributed by atoms with E-state index in [-0.39, 0.29) is 21.6 Å². The third-order valence-corrected chi connectivity index (χ3v) is 4.73. The molecule has 1 saturated carbocycles. The van der Waals surface area contributed by atoms with Gasteiger partial charge in [0.1, 0.15) is 0 Å². The van der Waals surface area contributed by atoms with E-state index in [1.807, 2.05) is 6.92 Å². The molecule has 0 spiro atoms. The predicted octanol–water partition coefficient (Wildman–Crippen LogP) is 3.61. The summed E-state index contributed by atoms with van der Waals surface area (Å²) in [6.45, 7) is 2.03. The lowest BCUT2D eigenvalue weighted by Gasteiger charge is -2.17. The molecule has 0 radical (unpaired) electrons. The number of alkyl halides is 1. The SMILES string of the molecule is CC(Br)C1(Cc2ccc([N+](=O)[O-])cc2[N+](=O)[O-])CC1. The standard InChI is InChI=1S/C12H13BrN2O4/c1-8(13)12(4-5-12)7-9-2-3-10(14(16)17)6-11(9)15(18)19/h2-3,6,8H,4-5,7H2,1H3. The fourth-order valence-corrected chi connectivity index (χ4v) is 2.86. The normalized spacial score (nSPS) is 17.8. The van der Waals surface area contributed by atoms with E-state index in [0.29, 0.717) is 12.0 Å². The van der Waals surface area contributed by atoms with Crippen molar-refractivity contribution in [1.82, 2.24) is 0 Å². The monoisotopic (exact) mass is 328 g/mol. The lowest BCUT2D eigenvalue weighted by atomic mass is 9.93. The average molecular weight is 329 g/mol. The van der Waals surface area contributed by atoms with Crippen LogP contribution in [0.2, 0.25) is 0 Å². The molecule has 2 rings (SSSR count). The molecule has 1 aromatic carbocycles. The lowest BCUT2D eigenvalue weighted by Crippen LogP contribution is -2.16. The first-order chi connectivity index (χ1) is 8.85. The number of benzene rings is 1. The average Bonchev–Trinajstić information content (AvgIpc) is 3.10. The Morgan fingerprint density at radius 2 is 1.95 bits per heavy atom. The van der Waals surface area contributed by atoms with E-state index in [2.05, 4.69) is 15.9 Å². The van der Waals surface area contributed by atoms with Gasteiger partial charge in [-0.15, -0.1) is 0 Å². The van der Waals surface area contributed by atoms with Crippen LogP contribution in [-0.4, -0.2) is 14.7 Å². The van der Waals surface area contributed by atoms with Crippen molar-refractivity contribution < 1.29 is 9.85 Å². The number of hydrogen-bond acceptors (Lipinski definition) is 4. The van der Waals surface area contributed by atoms with Crippen molar-refractivity contribution >= 4 is 27.3 Å². The van der Waals surface area contributed by atoms with E-state index in [1.54, 1.807) is 0 Å². The summed E-state index contributed by atoms with van der Waals surface area (Å²) in [6.07, 6.45) is 2.62. The van der Waals surface area contributed by atoms with Gasteiger partial charge in [0.2, 0.25) is 0 Å². The first-order valence-electron chi connectivity index (χ1n) is 5.91. The van der Waals surface area contributed by atoms with Gasteiger partial charge < -0.3 is 0 Å². The third-order valence-electron chi connectivity index (χ3n) is 3.75. The molecule has 102 valence electrons. The van der Waals surface area contributed by atoms with E-state index in [4.69, 9.17) is 0 Å². The maximum absolute atomic E-state index is 11.0. The quantitative estimate of drug-likeness (QED) is 0.469. The molecule has 0 bridgehead atoms. The van der Waals surface area contributed by atoms with Gasteiger partial charge in [0.15, 0.2) is 0 Å². The minimum Gasteiger partial charge on any atom is -0.258 e. The number of rotatable bonds is 5. The molecule has 0 aliphatic heterocycles. The van der Waals surface area contributed by atoms with Gasteiger partial charge in [-0.3, -0.25) is 20.2 Å². The van der Waals surface area contributed by atoms with E-state index >= 15 is 0 Å². The number of hydrogen-bond donors (Lipinski definition) is 0. The summed E-state index contributed by atoms with van der Waals surface area (Å²) in [6, 6.07) is 3.88. The van der Waals surface area contributed by atoms with Crippen molar-refractivity contribution in [3.05, 3.63) is 44.0 Å². The van der Waals surface area contributed by atoms with Crippen LogP contribution in [0.1, 0.15) is 25.3 Å². The molecule has 1 atom stereocenters. The maximum atomic E-state index is 11.0. The number of nitro benzene ring substituents is 2. The molecule has 0 amide bonds. The number of halogens is 1. The summed E-state index contributed by atoms with van der Waals surface area (Å²) in [4.78, 5) is 20.8. The van der Waals surface area contributed by atoms with Crippen molar-refractivity contribution in [1.29, 1.82) is 0 Å². The predicted molar refractivity (Wildman–Crippen MR) is 73.5 cm³/mol. The molecule has 1 aliphatic rings. The van der Waals surface area contributed by atoms with Crippen LogP contribution in [0.5, 0.6) is 0 Å². The van der Waals surface area contributed by atoms with Crippen LogP contribution in [0.25, 0.3) is 0 Å². The maximum Gasteiger partial charge on any atom is 0.279 e. The van der Waals surface area contributed by atoms with Gasteiger partial charge in [-0.05, 0) is 30.7 Å². The fourth-order valence-electron chi connectivity index (χ4n) is 2.24. The fraction of sp³-hybridized carbons (Fsp3) is 0.500. The molecule has 19 heavy (non-hydrogen) atoms. The first kappa shape index (κ1) is 13.9. The minimum atomic E-state index is -0.614. The molecule has 7 heteroatoms. The van der Waals surface area contributed by atoms with Gasteiger partial charge in [0.25, 0.3) is 11.4 Å². The Kier molecular flexibility index (Phi) is 3.58. The Hall–Kier alpha value is -1.50. The van der Waals surface area contributed by atoms with Crippen molar-refractivity contribution in [3.8, 4) is 0 Å². The molecular weight excluding hydrogens is 316 g/mol. The van der Waals surface area contributed by atoms with Crippen LogP contribution in [0.15, 0.2) is 18.2 Å². The molecule has 1 unspecified atom stereocenters. The summed E-state index contributed by atoms with van der Waals surface area (Å²) in [5, 5.41) is 21.7. The lowest BCUT2D eigenvalue weighted by molar-refractivity contribution is -0.394. The van der Waals surface area contributed by atoms with Gasteiger partial charge in [-0.1, -0.05) is 22.9 Å². The molecule has 1 aromatic rings. The molecule has 1 aliphatic carbocycles. The Bertz CT molecular complexity index is 541. The van der Waals surface area contributed by atoms with E-state index in [9.17, 15) is 20.2 Å². The van der Waals surface area contributed by atoms with Crippen LogP contribution in [0.4, 0.5) is 11.4 Å². The van der Waals surface area contributed by atoms with E-state index in [1.165, 1.54) is 12.1 Å². The molecule has 6 nitrogen and oxygen atoms in total. The number of non-ortho nitro benzene ring substituents is 1. The Labute approximate surface area is 118 Å². The van der Waals surface area contributed by atoms with Crippen LogP contribution < -0.4 is 0 Å². The second-order valence-corrected chi connectivity index (χ2v) is 6.36. The summed E-state index contributed by atoms with van der Waals surface area (Å²) >= 11 is 3.54. The van der Waals surface area contributed by atoms with Gasteiger partial charge >= 0.3 is 0 Å². The molecule has 0 aromatic heterocycles. The van der Waals surface area contributed by atoms with Crippen LogP contribution in [0.3, 0.4) is 0 Å². The molecule has 0 heterocycles. The summed E-state index contributed by atoms with van der Waals surface area (Å²) < 4.78 is 0. The highest BCUT2D eigenvalue weighted by Crippen LogP contribution is 2.54. The van der Waals surface area contributed by atoms with Crippen molar-refractivity contribution in [3.63, 3.8) is 0 Å². The smallest absolute Gasteiger partial charge is 0.258 e. The molecular formula is C12H13BrN2O4. The molecule has 0 saturated heterocycles. The van der Waals surface area contributed by atoms with Crippen molar-refractivity contribution in [2.75, 3.05) is 0 Å². The summed E-state index contributed by atoms with van der Waals surface area (Å²) in [5.41, 5.74) is 0.223. The second kappa shape index (κ2) is 4.88. The van der Waals surface area contributed by atoms with E-state index in [0.717, 1.165) is 18.9 Å². The largest absolute Gasteiger partial charge is 0.279 e. The molecule has 1 fully saturated rings. The van der Waals surface area contributed by atoms with Crippen LogP contribution >= 0.6 is 15.9 Å². The highest BCUT2D eigenvalue weighted by Gasteiger charge is 2.47.